The van der Waals surface area contributed by atoms with Gasteiger partial charge < -0.3 is 0 Å². The third kappa shape index (κ3) is 4.05. The van der Waals surface area contributed by atoms with Gasteiger partial charge in [0, 0.05) is 24.9 Å². The van der Waals surface area contributed by atoms with Crippen molar-refractivity contribution >= 4 is 5.78 Å². The molecule has 0 aromatic rings. The van der Waals surface area contributed by atoms with Crippen LogP contribution in [0.3, 0.4) is 0 Å². The first kappa shape index (κ1) is 15.0. The van der Waals surface area contributed by atoms with Gasteiger partial charge in [-0.2, -0.15) is 0 Å². The minimum Gasteiger partial charge on any atom is -0.300 e. The van der Waals surface area contributed by atoms with E-state index in [1.165, 1.54) is 32.2 Å². The molecule has 2 nitrogen and oxygen atoms in total. The first-order chi connectivity index (χ1) is 9.10. The van der Waals surface area contributed by atoms with Gasteiger partial charge >= 0.3 is 0 Å². The van der Waals surface area contributed by atoms with Gasteiger partial charge in [-0.25, -0.2) is 0 Å². The second-order valence-corrected chi connectivity index (χ2v) is 7.07. The molecule has 110 valence electrons. The summed E-state index contributed by atoms with van der Waals surface area (Å²) in [7, 11) is 0. The number of carbonyl (C=O) groups excluding carboxylic acids is 1. The highest BCUT2D eigenvalue weighted by atomic mass is 16.1. The molecule has 1 saturated carbocycles. The van der Waals surface area contributed by atoms with Gasteiger partial charge in [0.15, 0.2) is 0 Å². The predicted molar refractivity (Wildman–Crippen MR) is 80.2 cm³/mol. The van der Waals surface area contributed by atoms with Crippen LogP contribution in [0, 0.1) is 17.8 Å². The fraction of sp³-hybridized carbons (Fsp3) is 0.941. The smallest absolute Gasteiger partial charge is 0.137 e. The maximum Gasteiger partial charge on any atom is 0.137 e. The predicted octanol–water partition coefficient (Wildman–Crippen LogP) is 3.89. The molecule has 1 heterocycles. The summed E-state index contributed by atoms with van der Waals surface area (Å²) in [6.07, 6.45) is 8.34. The van der Waals surface area contributed by atoms with Crippen molar-refractivity contribution in [2.75, 3.05) is 13.1 Å². The highest BCUT2D eigenvalue weighted by molar-refractivity contribution is 5.81. The zero-order valence-electron chi connectivity index (χ0n) is 13.0. The minimum atomic E-state index is 0.334. The molecule has 0 N–H and O–H groups in total. The molecule has 1 aliphatic carbocycles. The third-order valence-electron chi connectivity index (χ3n) is 5.30. The number of likely N-dealkylation sites (tertiary alicyclic amines) is 1. The summed E-state index contributed by atoms with van der Waals surface area (Å²) in [5.74, 6) is 2.55. The largest absolute Gasteiger partial charge is 0.300 e. The van der Waals surface area contributed by atoms with Gasteiger partial charge in [0.2, 0.25) is 0 Å². The van der Waals surface area contributed by atoms with Crippen LogP contribution in [0.5, 0.6) is 0 Å². The van der Waals surface area contributed by atoms with Crippen LogP contribution in [0.4, 0.5) is 0 Å². The normalized spacial score (nSPS) is 37.5. The van der Waals surface area contributed by atoms with Crippen molar-refractivity contribution in [1.82, 2.24) is 4.90 Å². The second kappa shape index (κ2) is 6.88. The highest BCUT2D eigenvalue weighted by Gasteiger charge is 2.32. The molecule has 2 heteroatoms. The second-order valence-electron chi connectivity index (χ2n) is 7.07. The summed E-state index contributed by atoms with van der Waals surface area (Å²) in [6, 6.07) is 0.670. The van der Waals surface area contributed by atoms with Crippen molar-refractivity contribution in [3.8, 4) is 0 Å². The molecule has 19 heavy (non-hydrogen) atoms. The molecule has 0 spiro atoms. The van der Waals surface area contributed by atoms with E-state index >= 15 is 0 Å². The van der Waals surface area contributed by atoms with Crippen molar-refractivity contribution in [2.45, 2.75) is 71.8 Å². The first-order valence-electron chi connectivity index (χ1n) is 8.36. The van der Waals surface area contributed by atoms with Crippen LogP contribution >= 0.6 is 0 Å². The lowest BCUT2D eigenvalue weighted by molar-refractivity contribution is -0.126. The number of nitrogens with zero attached hydrogens (tertiary/aromatic N) is 1. The molecule has 2 aliphatic rings. The number of Topliss-reactive ketones (excluding diaryl/α,β-unsaturated/α-hetero) is 1. The molecule has 0 amide bonds. The Balaban J connectivity index is 1.87. The molecule has 0 bridgehead atoms. The molecule has 1 saturated heterocycles. The quantitative estimate of drug-likeness (QED) is 0.768. The molecule has 1 aliphatic heterocycles. The molecule has 2 fully saturated rings. The zero-order chi connectivity index (χ0) is 13.8. The van der Waals surface area contributed by atoms with E-state index in [1.54, 1.807) is 0 Å². The van der Waals surface area contributed by atoms with E-state index in [2.05, 4.69) is 25.7 Å². The minimum absolute atomic E-state index is 0.334. The Morgan fingerprint density at radius 3 is 2.68 bits per heavy atom. The molecule has 4 atom stereocenters. The molecule has 4 unspecified atom stereocenters. The lowest BCUT2D eigenvalue weighted by atomic mass is 9.78. The van der Waals surface area contributed by atoms with Crippen LogP contribution in [-0.4, -0.2) is 29.8 Å². The summed E-state index contributed by atoms with van der Waals surface area (Å²) in [5, 5.41) is 0. The van der Waals surface area contributed by atoms with Gasteiger partial charge in [0.1, 0.15) is 5.78 Å². The van der Waals surface area contributed by atoms with E-state index in [1.807, 2.05) is 0 Å². The standard InChI is InChI=1S/C17H31NO/c1-4-5-15-6-7-17(19)16(11-15)12-18-9-8-13(2)10-14(18)3/h13-16H,4-12H2,1-3H3. The summed E-state index contributed by atoms with van der Waals surface area (Å²) >= 11 is 0. The summed E-state index contributed by atoms with van der Waals surface area (Å²) < 4.78 is 0. The number of carbonyl (C=O) groups is 1. The Labute approximate surface area is 118 Å². The van der Waals surface area contributed by atoms with Crippen molar-refractivity contribution in [3.05, 3.63) is 0 Å². The Morgan fingerprint density at radius 2 is 2.00 bits per heavy atom. The molecular formula is C17H31NO. The summed E-state index contributed by atoms with van der Waals surface area (Å²) in [4.78, 5) is 14.7. The lowest BCUT2D eigenvalue weighted by Crippen LogP contribution is -2.45. The van der Waals surface area contributed by atoms with Crippen LogP contribution in [0.2, 0.25) is 0 Å². The van der Waals surface area contributed by atoms with E-state index < -0.39 is 0 Å². The van der Waals surface area contributed by atoms with Gasteiger partial charge in [0.25, 0.3) is 0 Å². The number of hydrogen-bond acceptors (Lipinski definition) is 2. The van der Waals surface area contributed by atoms with E-state index in [9.17, 15) is 4.79 Å². The maximum atomic E-state index is 12.2. The van der Waals surface area contributed by atoms with Crippen LogP contribution in [0.25, 0.3) is 0 Å². The van der Waals surface area contributed by atoms with E-state index in [-0.39, 0.29) is 0 Å². The maximum absolute atomic E-state index is 12.2. The lowest BCUT2D eigenvalue weighted by Gasteiger charge is -2.39. The molecule has 0 radical (unpaired) electrons. The molecule has 2 rings (SSSR count). The zero-order valence-corrected chi connectivity index (χ0v) is 13.0. The Hall–Kier alpha value is -0.370. The molecule has 0 aromatic heterocycles. The van der Waals surface area contributed by atoms with E-state index in [0.717, 1.165) is 37.6 Å². The van der Waals surface area contributed by atoms with E-state index in [0.29, 0.717) is 17.7 Å². The average molecular weight is 265 g/mol. The Bertz CT molecular complexity index is 302. The van der Waals surface area contributed by atoms with Crippen LogP contribution in [-0.2, 0) is 4.79 Å². The first-order valence-corrected chi connectivity index (χ1v) is 8.36. The number of ketones is 1. The fourth-order valence-corrected chi connectivity index (χ4v) is 4.06. The number of hydrogen-bond donors (Lipinski definition) is 0. The summed E-state index contributed by atoms with van der Waals surface area (Å²) in [6.45, 7) is 9.19. The van der Waals surface area contributed by atoms with Crippen molar-refractivity contribution in [1.29, 1.82) is 0 Å². The third-order valence-corrected chi connectivity index (χ3v) is 5.30. The van der Waals surface area contributed by atoms with Gasteiger partial charge in [0.05, 0.1) is 0 Å². The number of piperidine rings is 1. The average Bonchev–Trinajstić information content (AvgIpc) is 2.37. The Morgan fingerprint density at radius 1 is 1.21 bits per heavy atom. The van der Waals surface area contributed by atoms with Crippen LogP contribution in [0.15, 0.2) is 0 Å². The number of rotatable bonds is 4. The monoisotopic (exact) mass is 265 g/mol. The molecular weight excluding hydrogens is 234 g/mol. The SMILES string of the molecule is CCCC1CCC(=O)C(CN2CCC(C)CC2C)C1. The highest BCUT2D eigenvalue weighted by Crippen LogP contribution is 2.32. The van der Waals surface area contributed by atoms with Gasteiger partial charge in [-0.1, -0.05) is 26.7 Å². The van der Waals surface area contributed by atoms with Gasteiger partial charge in [-0.05, 0) is 51.0 Å². The molecule has 0 aromatic carbocycles. The summed E-state index contributed by atoms with van der Waals surface area (Å²) in [5.41, 5.74) is 0. The Kier molecular flexibility index (Phi) is 5.44. The van der Waals surface area contributed by atoms with Crippen molar-refractivity contribution < 1.29 is 4.79 Å². The van der Waals surface area contributed by atoms with Gasteiger partial charge in [-0.3, -0.25) is 9.69 Å². The topological polar surface area (TPSA) is 20.3 Å². The van der Waals surface area contributed by atoms with Crippen molar-refractivity contribution in [3.63, 3.8) is 0 Å². The van der Waals surface area contributed by atoms with E-state index in [4.69, 9.17) is 0 Å². The van der Waals surface area contributed by atoms with Crippen LogP contribution < -0.4 is 0 Å². The van der Waals surface area contributed by atoms with Gasteiger partial charge in [-0.15, -0.1) is 0 Å². The fourth-order valence-electron chi connectivity index (χ4n) is 4.06. The van der Waals surface area contributed by atoms with Crippen LogP contribution in [0.1, 0.15) is 65.7 Å². The van der Waals surface area contributed by atoms with Crippen molar-refractivity contribution in [2.24, 2.45) is 17.8 Å².